The first kappa shape index (κ1) is 11.7. The van der Waals surface area contributed by atoms with E-state index in [9.17, 15) is 0 Å². The lowest BCUT2D eigenvalue weighted by molar-refractivity contribution is -0.802. The normalized spacial score (nSPS) is 20.5. The zero-order valence-electron chi connectivity index (χ0n) is 7.94. The van der Waals surface area contributed by atoms with Gasteiger partial charge in [-0.15, -0.1) is 0 Å². The van der Waals surface area contributed by atoms with Crippen molar-refractivity contribution in [3.8, 4) is 0 Å². The van der Waals surface area contributed by atoms with Gasteiger partial charge in [0.2, 0.25) is 0 Å². The molecule has 1 atom stereocenters. The van der Waals surface area contributed by atoms with Crippen LogP contribution in [0.1, 0.15) is 33.1 Å². The summed E-state index contributed by atoms with van der Waals surface area (Å²) in [5.74, 6) is 0. The van der Waals surface area contributed by atoms with Crippen LogP contribution in [0.3, 0.4) is 0 Å². The number of halogens is 1. The van der Waals surface area contributed by atoms with Crippen molar-refractivity contribution in [1.29, 1.82) is 0 Å². The van der Waals surface area contributed by atoms with Crippen LogP contribution in [0.2, 0.25) is 0 Å². The van der Waals surface area contributed by atoms with Crippen LogP contribution in [0.4, 0.5) is 0 Å². The number of nitrogens with one attached hydrogen (secondary N) is 1. The Morgan fingerprint density at radius 1 is 1.33 bits per heavy atom. The van der Waals surface area contributed by atoms with E-state index in [0.29, 0.717) is 0 Å². The second kappa shape index (κ2) is 6.27. The highest BCUT2D eigenvalue weighted by Gasteiger charge is 2.09. The molecule has 0 aromatic carbocycles. The predicted molar refractivity (Wildman–Crippen MR) is 48.3 cm³/mol. The molecule has 0 aromatic heterocycles. The van der Waals surface area contributed by atoms with Crippen molar-refractivity contribution in [2.45, 2.75) is 33.1 Å². The van der Waals surface area contributed by atoms with Crippen molar-refractivity contribution in [3.63, 3.8) is 0 Å². The summed E-state index contributed by atoms with van der Waals surface area (Å²) >= 11 is 0. The summed E-state index contributed by atoms with van der Waals surface area (Å²) in [6.07, 6.45) is 10.6. The average Bonchev–Trinajstić information content (AvgIpc) is 2.37. The first-order valence-corrected chi connectivity index (χ1v) is 4.55. The molecule has 1 N–H and O–H groups in total. The van der Waals surface area contributed by atoms with Crippen LogP contribution in [0.15, 0.2) is 24.0 Å². The van der Waals surface area contributed by atoms with Crippen molar-refractivity contribution in [1.82, 2.24) is 0 Å². The molecule has 0 saturated heterocycles. The van der Waals surface area contributed by atoms with Crippen LogP contribution >= 0.6 is 0 Å². The topological polar surface area (TPSA) is 4.44 Å². The Labute approximate surface area is 81.6 Å². The van der Waals surface area contributed by atoms with Crippen molar-refractivity contribution in [2.24, 2.45) is 0 Å². The summed E-state index contributed by atoms with van der Waals surface area (Å²) < 4.78 is 0. The third kappa shape index (κ3) is 3.42. The summed E-state index contributed by atoms with van der Waals surface area (Å²) in [7, 11) is 0. The molecule has 0 bridgehead atoms. The lowest BCUT2D eigenvalue weighted by atomic mass is 10.2. The fourth-order valence-corrected chi connectivity index (χ4v) is 1.39. The van der Waals surface area contributed by atoms with Crippen LogP contribution in [0, 0.1) is 0 Å². The first-order valence-electron chi connectivity index (χ1n) is 4.55. The van der Waals surface area contributed by atoms with Crippen LogP contribution < -0.4 is 17.3 Å². The summed E-state index contributed by atoms with van der Waals surface area (Å²) in [4.78, 5) is 1.54. The highest BCUT2D eigenvalue weighted by atomic mass is 35.5. The van der Waals surface area contributed by atoms with Gasteiger partial charge < -0.3 is 12.4 Å². The standard InChI is InChI=1S/C10H17N.ClH/c1-3-4-5-8-11-9-6-7-10(11)2;/h6-7,9H,3-5,8H2,1-2H3;1H. The zero-order chi connectivity index (χ0) is 8.10. The van der Waals surface area contributed by atoms with Crippen molar-refractivity contribution >= 4 is 0 Å². The van der Waals surface area contributed by atoms with Gasteiger partial charge in [0.1, 0.15) is 5.70 Å². The predicted octanol–water partition coefficient (Wildman–Crippen LogP) is -1.50. The van der Waals surface area contributed by atoms with E-state index < -0.39 is 0 Å². The molecule has 0 radical (unpaired) electrons. The molecular weight excluding hydrogens is 170 g/mol. The highest BCUT2D eigenvalue weighted by molar-refractivity contribution is 5.08. The molecule has 0 amide bonds. The molecule has 70 valence electrons. The minimum atomic E-state index is 0. The van der Waals surface area contributed by atoms with E-state index in [0.717, 1.165) is 0 Å². The SMILES string of the molecule is CCCCC[NH+]1C=CC=C1C.[Cl-]. The number of rotatable bonds is 4. The van der Waals surface area contributed by atoms with Gasteiger partial charge in [0.25, 0.3) is 0 Å². The molecule has 0 aromatic rings. The summed E-state index contributed by atoms with van der Waals surface area (Å²) in [6, 6.07) is 0. The molecule has 1 nitrogen and oxygen atoms in total. The van der Waals surface area contributed by atoms with E-state index in [4.69, 9.17) is 0 Å². The van der Waals surface area contributed by atoms with Crippen LogP contribution in [0.5, 0.6) is 0 Å². The van der Waals surface area contributed by atoms with E-state index in [1.54, 1.807) is 4.90 Å². The molecule has 12 heavy (non-hydrogen) atoms. The van der Waals surface area contributed by atoms with Crippen LogP contribution in [-0.2, 0) is 0 Å². The number of hydrogen-bond donors (Lipinski definition) is 1. The van der Waals surface area contributed by atoms with Gasteiger partial charge in [-0.2, -0.15) is 0 Å². The third-order valence-electron chi connectivity index (χ3n) is 2.20. The molecule has 0 aliphatic carbocycles. The van der Waals surface area contributed by atoms with Gasteiger partial charge in [-0.3, -0.25) is 4.90 Å². The number of quaternary nitrogens is 1. The molecule has 0 saturated carbocycles. The Kier molecular flexibility index (Phi) is 6.13. The Morgan fingerprint density at radius 3 is 2.58 bits per heavy atom. The van der Waals surface area contributed by atoms with Gasteiger partial charge in [-0.05, 0) is 25.0 Å². The molecular formula is C10H18ClN. The lowest BCUT2D eigenvalue weighted by Crippen LogP contribution is -3.04. The lowest BCUT2D eigenvalue weighted by Gasteiger charge is -2.10. The van der Waals surface area contributed by atoms with Gasteiger partial charge in [0, 0.05) is 6.92 Å². The fraction of sp³-hybridized carbons (Fsp3) is 0.600. The summed E-state index contributed by atoms with van der Waals surface area (Å²) in [5, 5.41) is 0. The number of allylic oxidation sites excluding steroid dienone is 3. The molecule has 1 aliphatic heterocycles. The summed E-state index contributed by atoms with van der Waals surface area (Å²) in [5.41, 5.74) is 1.46. The van der Waals surface area contributed by atoms with Gasteiger partial charge in [-0.1, -0.05) is 13.3 Å². The maximum Gasteiger partial charge on any atom is 0.109 e. The zero-order valence-corrected chi connectivity index (χ0v) is 8.69. The van der Waals surface area contributed by atoms with Gasteiger partial charge in [0.05, 0.1) is 12.7 Å². The Bertz CT molecular complexity index is 173. The quantitative estimate of drug-likeness (QED) is 0.511. The second-order valence-corrected chi connectivity index (χ2v) is 3.19. The molecule has 2 heteroatoms. The van der Waals surface area contributed by atoms with Gasteiger partial charge in [-0.25, -0.2) is 0 Å². The van der Waals surface area contributed by atoms with E-state index >= 15 is 0 Å². The summed E-state index contributed by atoms with van der Waals surface area (Å²) in [6.45, 7) is 5.71. The van der Waals surface area contributed by atoms with E-state index in [2.05, 4.69) is 32.2 Å². The number of hydrogen-bond acceptors (Lipinski definition) is 0. The third-order valence-corrected chi connectivity index (χ3v) is 2.20. The van der Waals surface area contributed by atoms with E-state index in [1.165, 1.54) is 31.5 Å². The maximum absolute atomic E-state index is 2.25. The minimum Gasteiger partial charge on any atom is -1.00 e. The van der Waals surface area contributed by atoms with Gasteiger partial charge in [0.15, 0.2) is 0 Å². The molecule has 1 aliphatic rings. The molecule has 1 unspecified atom stereocenters. The van der Waals surface area contributed by atoms with Crippen LogP contribution in [0.25, 0.3) is 0 Å². The average molecular weight is 188 g/mol. The molecule has 1 rings (SSSR count). The minimum absolute atomic E-state index is 0. The highest BCUT2D eigenvalue weighted by Crippen LogP contribution is 1.93. The van der Waals surface area contributed by atoms with Crippen molar-refractivity contribution in [3.05, 3.63) is 24.0 Å². The second-order valence-electron chi connectivity index (χ2n) is 3.19. The largest absolute Gasteiger partial charge is 1.00 e. The van der Waals surface area contributed by atoms with Crippen LogP contribution in [-0.4, -0.2) is 6.54 Å². The molecule has 0 spiro atoms. The van der Waals surface area contributed by atoms with Gasteiger partial charge >= 0.3 is 0 Å². The van der Waals surface area contributed by atoms with E-state index in [-0.39, 0.29) is 12.4 Å². The number of unbranched alkanes of at least 4 members (excludes halogenated alkanes) is 2. The monoisotopic (exact) mass is 187 g/mol. The molecule has 1 heterocycles. The van der Waals surface area contributed by atoms with Crippen molar-refractivity contribution < 1.29 is 17.3 Å². The smallest absolute Gasteiger partial charge is 0.109 e. The van der Waals surface area contributed by atoms with Crippen molar-refractivity contribution in [2.75, 3.05) is 6.54 Å². The maximum atomic E-state index is 2.25. The Balaban J connectivity index is 0.00000121. The fourth-order valence-electron chi connectivity index (χ4n) is 1.39. The first-order chi connectivity index (χ1) is 5.34. The Morgan fingerprint density at radius 2 is 2.08 bits per heavy atom. The Hall–Kier alpha value is -0.270. The van der Waals surface area contributed by atoms with E-state index in [1.807, 2.05) is 0 Å². The molecule has 0 fully saturated rings.